The summed E-state index contributed by atoms with van der Waals surface area (Å²) in [5, 5.41) is 11.9. The summed E-state index contributed by atoms with van der Waals surface area (Å²) >= 11 is 1.09. The van der Waals surface area contributed by atoms with Crippen molar-refractivity contribution in [1.82, 2.24) is 9.97 Å². The average molecular weight is 468 g/mol. The number of ether oxygens (including phenoxy) is 2. The van der Waals surface area contributed by atoms with Crippen molar-refractivity contribution in [2.24, 2.45) is 0 Å². The first-order valence-electron chi connectivity index (χ1n) is 9.60. The van der Waals surface area contributed by atoms with Gasteiger partial charge in [0.15, 0.2) is 16.6 Å². The summed E-state index contributed by atoms with van der Waals surface area (Å²) in [7, 11) is 2.70. The van der Waals surface area contributed by atoms with Gasteiger partial charge >= 0.3 is 0 Å². The molecule has 1 amide bonds. The van der Waals surface area contributed by atoms with Gasteiger partial charge in [-0.3, -0.25) is 24.8 Å². The number of methoxy groups -OCH3 is 2. The van der Waals surface area contributed by atoms with Crippen molar-refractivity contribution in [3.8, 4) is 11.5 Å². The van der Waals surface area contributed by atoms with Crippen molar-refractivity contribution >= 4 is 38.3 Å². The molecule has 2 aromatic heterocycles. The summed E-state index contributed by atoms with van der Waals surface area (Å²) in [5.74, 6) is -0.983. The zero-order chi connectivity index (χ0) is 23.5. The lowest BCUT2D eigenvalue weighted by Crippen LogP contribution is -2.31. The Hall–Kier alpha value is -4.12. The van der Waals surface area contributed by atoms with Gasteiger partial charge in [0.05, 0.1) is 42.1 Å². The van der Waals surface area contributed by atoms with E-state index in [1.165, 1.54) is 31.3 Å². The molecular weight excluding hydrogens is 451 g/mol. The third-order valence-corrected chi connectivity index (χ3v) is 5.85. The minimum absolute atomic E-state index is 0.0351. The number of anilines is 1. The number of hydrogen-bond donors (Lipinski definition) is 0. The highest BCUT2D eigenvalue weighted by molar-refractivity contribution is 7.22. The van der Waals surface area contributed by atoms with E-state index in [1.54, 1.807) is 36.5 Å². The predicted octanol–water partition coefficient (Wildman–Crippen LogP) is 4.60. The fourth-order valence-electron chi connectivity index (χ4n) is 3.23. The number of nitrogens with zero attached hydrogens (tertiary/aromatic N) is 4. The molecule has 0 radical (unpaired) electrons. The second kappa shape index (κ2) is 9.17. The molecule has 0 aliphatic rings. The maximum Gasteiger partial charge on any atom is 0.286 e. The van der Waals surface area contributed by atoms with Crippen LogP contribution < -0.4 is 14.4 Å². The van der Waals surface area contributed by atoms with Crippen LogP contribution in [0.15, 0.2) is 54.7 Å². The summed E-state index contributed by atoms with van der Waals surface area (Å²) in [6.45, 7) is -0.0351. The van der Waals surface area contributed by atoms with Gasteiger partial charge in [-0.2, -0.15) is 0 Å². The van der Waals surface area contributed by atoms with Crippen LogP contribution in [0.4, 0.5) is 15.2 Å². The molecule has 2 heterocycles. The fraction of sp³-hybridized carbons (Fsp3) is 0.136. The Labute approximate surface area is 191 Å². The number of nitro groups is 1. The number of carbonyl (C=O) groups excluding carboxylic acids is 1. The minimum atomic E-state index is -0.715. The van der Waals surface area contributed by atoms with Crippen LogP contribution in [0.1, 0.15) is 16.1 Å². The van der Waals surface area contributed by atoms with Gasteiger partial charge in [0.2, 0.25) is 0 Å². The Bertz CT molecular complexity index is 1350. The molecule has 0 N–H and O–H groups in total. The number of benzene rings is 2. The number of halogens is 1. The number of nitro benzene ring substituents is 1. The molecule has 0 atom stereocenters. The molecule has 9 nitrogen and oxygen atoms in total. The second-order valence-corrected chi connectivity index (χ2v) is 7.79. The lowest BCUT2D eigenvalue weighted by Gasteiger charge is -2.20. The Balaban J connectivity index is 1.87. The number of pyridine rings is 1. The van der Waals surface area contributed by atoms with Crippen LogP contribution in [-0.2, 0) is 6.54 Å². The highest BCUT2D eigenvalue weighted by atomic mass is 32.1. The summed E-state index contributed by atoms with van der Waals surface area (Å²) in [6, 6.07) is 12.1. The van der Waals surface area contributed by atoms with Gasteiger partial charge in [-0.15, -0.1) is 0 Å². The largest absolute Gasteiger partial charge is 0.493 e. The van der Waals surface area contributed by atoms with Crippen molar-refractivity contribution in [2.45, 2.75) is 6.54 Å². The van der Waals surface area contributed by atoms with Gasteiger partial charge in [0.1, 0.15) is 16.9 Å². The number of fused-ring (bicyclic) bond motifs is 1. The molecule has 0 saturated heterocycles. The second-order valence-electron chi connectivity index (χ2n) is 6.78. The van der Waals surface area contributed by atoms with E-state index in [-0.39, 0.29) is 34.3 Å². The van der Waals surface area contributed by atoms with Crippen LogP contribution in [0.25, 0.3) is 10.2 Å². The van der Waals surface area contributed by atoms with Crippen LogP contribution >= 0.6 is 11.3 Å². The predicted molar refractivity (Wildman–Crippen MR) is 121 cm³/mol. The lowest BCUT2D eigenvalue weighted by atomic mass is 10.1. The van der Waals surface area contributed by atoms with E-state index >= 15 is 0 Å². The topological polar surface area (TPSA) is 108 Å². The van der Waals surface area contributed by atoms with E-state index in [2.05, 4.69) is 9.97 Å². The number of para-hydroxylation sites is 1. The molecule has 4 aromatic rings. The van der Waals surface area contributed by atoms with Crippen LogP contribution in [0.2, 0.25) is 0 Å². The van der Waals surface area contributed by atoms with Crippen molar-refractivity contribution < 1.29 is 23.6 Å². The van der Waals surface area contributed by atoms with E-state index in [0.717, 1.165) is 17.4 Å². The normalized spacial score (nSPS) is 10.8. The van der Waals surface area contributed by atoms with Crippen LogP contribution in [0.5, 0.6) is 11.5 Å². The number of thiazole rings is 1. The van der Waals surface area contributed by atoms with E-state index in [0.29, 0.717) is 10.4 Å². The fourth-order valence-corrected chi connectivity index (χ4v) is 4.21. The summed E-state index contributed by atoms with van der Waals surface area (Å²) in [4.78, 5) is 34.5. The van der Waals surface area contributed by atoms with Gasteiger partial charge in [0.25, 0.3) is 11.6 Å². The van der Waals surface area contributed by atoms with E-state index < -0.39 is 22.3 Å². The van der Waals surface area contributed by atoms with E-state index in [9.17, 15) is 19.3 Å². The van der Waals surface area contributed by atoms with Crippen LogP contribution in [0.3, 0.4) is 0 Å². The zero-order valence-electron chi connectivity index (χ0n) is 17.5. The molecular formula is C22H17FN4O5S. The maximum absolute atomic E-state index is 14.3. The highest BCUT2D eigenvalue weighted by Gasteiger charge is 2.31. The zero-order valence-corrected chi connectivity index (χ0v) is 18.3. The molecule has 0 aliphatic heterocycles. The first-order valence-corrected chi connectivity index (χ1v) is 10.4. The molecule has 2 aromatic carbocycles. The van der Waals surface area contributed by atoms with Gasteiger partial charge in [-0.25, -0.2) is 9.37 Å². The number of amides is 1. The summed E-state index contributed by atoms with van der Waals surface area (Å²) < 4.78 is 25.2. The Morgan fingerprint density at radius 3 is 2.55 bits per heavy atom. The average Bonchev–Trinajstić information content (AvgIpc) is 3.27. The van der Waals surface area contributed by atoms with Crippen molar-refractivity contribution in [3.63, 3.8) is 0 Å². The number of rotatable bonds is 7. The molecule has 11 heteroatoms. The molecule has 0 unspecified atom stereocenters. The maximum atomic E-state index is 14.3. The van der Waals surface area contributed by atoms with Gasteiger partial charge in [0, 0.05) is 12.3 Å². The molecule has 4 rings (SSSR count). The molecule has 0 saturated carbocycles. The third-order valence-electron chi connectivity index (χ3n) is 4.81. The SMILES string of the molecule is COc1cc(C(=O)N(Cc2ccccn2)c2nc3c(F)cccc3s2)c([N+](=O)[O-])cc1OC. The van der Waals surface area contributed by atoms with E-state index in [4.69, 9.17) is 9.47 Å². The number of hydrogen-bond acceptors (Lipinski definition) is 8. The van der Waals surface area contributed by atoms with Gasteiger partial charge in [-0.05, 0) is 24.3 Å². The molecule has 0 fully saturated rings. The Morgan fingerprint density at radius 2 is 1.91 bits per heavy atom. The smallest absolute Gasteiger partial charge is 0.286 e. The van der Waals surface area contributed by atoms with Crippen molar-refractivity contribution in [1.29, 1.82) is 0 Å². The lowest BCUT2D eigenvalue weighted by molar-refractivity contribution is -0.385. The van der Waals surface area contributed by atoms with Crippen molar-refractivity contribution in [3.05, 3.63) is 81.9 Å². The molecule has 33 heavy (non-hydrogen) atoms. The molecule has 0 spiro atoms. The van der Waals surface area contributed by atoms with Gasteiger partial charge < -0.3 is 9.47 Å². The first kappa shape index (κ1) is 22.1. The van der Waals surface area contributed by atoms with Gasteiger partial charge in [-0.1, -0.05) is 23.5 Å². The number of carbonyl (C=O) groups is 1. The number of aromatic nitrogens is 2. The van der Waals surface area contributed by atoms with Crippen LogP contribution in [0, 0.1) is 15.9 Å². The molecule has 0 bridgehead atoms. The Morgan fingerprint density at radius 1 is 1.15 bits per heavy atom. The first-order chi connectivity index (χ1) is 15.9. The summed E-state index contributed by atoms with van der Waals surface area (Å²) in [6.07, 6.45) is 1.56. The highest BCUT2D eigenvalue weighted by Crippen LogP contribution is 2.37. The van der Waals surface area contributed by atoms with Crippen LogP contribution in [-0.4, -0.2) is 35.0 Å². The standard InChI is InChI=1S/C22H17FN4O5S/c1-31-17-10-14(16(27(29)30)11-18(17)32-2)21(28)26(12-13-6-3-4-9-24-13)22-25-20-15(23)7-5-8-19(20)33-22/h3-11H,12H2,1-2H3. The molecule has 168 valence electrons. The summed E-state index contributed by atoms with van der Waals surface area (Å²) in [5.41, 5.74) is -0.0592. The van der Waals surface area contributed by atoms with Crippen molar-refractivity contribution in [2.75, 3.05) is 19.1 Å². The minimum Gasteiger partial charge on any atom is -0.493 e. The Kier molecular flexibility index (Phi) is 6.13. The third kappa shape index (κ3) is 4.30. The quantitative estimate of drug-likeness (QED) is 0.288. The van der Waals surface area contributed by atoms with E-state index in [1.807, 2.05) is 0 Å². The molecule has 0 aliphatic carbocycles. The monoisotopic (exact) mass is 468 g/mol.